The van der Waals surface area contributed by atoms with Crippen molar-refractivity contribution >= 4 is 29.2 Å². The largest absolute Gasteiger partial charge is 0.495 e. The molecule has 1 saturated carbocycles. The van der Waals surface area contributed by atoms with Gasteiger partial charge >= 0.3 is 6.03 Å². The Morgan fingerprint density at radius 3 is 2.64 bits per heavy atom. The van der Waals surface area contributed by atoms with Crippen LogP contribution in [0.2, 0.25) is 0 Å². The van der Waals surface area contributed by atoms with Gasteiger partial charge in [0.05, 0.1) is 12.8 Å². The SMILES string of the molecule is COc1ccc(NC(=O)C(C)N2C(=O)NC3(CCCC3)C2=O)cc1N. The Labute approximate surface area is 145 Å². The molecular formula is C17H22N4O4. The second-order valence-corrected chi connectivity index (χ2v) is 6.52. The van der Waals surface area contributed by atoms with Gasteiger partial charge in [-0.15, -0.1) is 0 Å². The number of carbonyl (C=O) groups excluding carboxylic acids is 3. The number of anilines is 2. The number of hydrogen-bond acceptors (Lipinski definition) is 5. The van der Waals surface area contributed by atoms with Crippen LogP contribution in [0.25, 0.3) is 0 Å². The summed E-state index contributed by atoms with van der Waals surface area (Å²) in [6.45, 7) is 1.54. The van der Waals surface area contributed by atoms with Crippen molar-refractivity contribution in [1.29, 1.82) is 0 Å². The molecule has 3 rings (SSSR count). The number of carbonyl (C=O) groups is 3. The smallest absolute Gasteiger partial charge is 0.325 e. The van der Waals surface area contributed by atoms with Crippen molar-refractivity contribution < 1.29 is 19.1 Å². The molecule has 1 atom stereocenters. The van der Waals surface area contributed by atoms with Crippen molar-refractivity contribution in [2.24, 2.45) is 0 Å². The van der Waals surface area contributed by atoms with Gasteiger partial charge in [0.25, 0.3) is 5.91 Å². The Bertz CT molecular complexity index is 727. The van der Waals surface area contributed by atoms with Crippen LogP contribution in [0.5, 0.6) is 5.75 Å². The Hall–Kier alpha value is -2.77. The quantitative estimate of drug-likeness (QED) is 0.564. The van der Waals surface area contributed by atoms with Gasteiger partial charge in [0.15, 0.2) is 0 Å². The van der Waals surface area contributed by atoms with E-state index in [1.807, 2.05) is 0 Å². The lowest BCUT2D eigenvalue weighted by Gasteiger charge is -2.23. The van der Waals surface area contributed by atoms with E-state index in [4.69, 9.17) is 10.5 Å². The lowest BCUT2D eigenvalue weighted by molar-refractivity contribution is -0.136. The second kappa shape index (κ2) is 6.27. The average Bonchev–Trinajstić information content (AvgIpc) is 3.13. The van der Waals surface area contributed by atoms with Gasteiger partial charge in [0, 0.05) is 5.69 Å². The van der Waals surface area contributed by atoms with E-state index in [1.54, 1.807) is 18.2 Å². The normalized spacial score (nSPS) is 19.8. The first kappa shape index (κ1) is 17.1. The van der Waals surface area contributed by atoms with E-state index < -0.39 is 23.5 Å². The average molecular weight is 346 g/mol. The molecule has 2 aliphatic rings. The van der Waals surface area contributed by atoms with E-state index in [2.05, 4.69) is 10.6 Å². The highest BCUT2D eigenvalue weighted by Gasteiger charge is 2.54. The van der Waals surface area contributed by atoms with Crippen LogP contribution in [0.4, 0.5) is 16.2 Å². The highest BCUT2D eigenvalue weighted by molar-refractivity contribution is 6.11. The number of ether oxygens (including phenoxy) is 1. The Morgan fingerprint density at radius 1 is 1.36 bits per heavy atom. The molecule has 134 valence electrons. The Morgan fingerprint density at radius 2 is 2.04 bits per heavy atom. The zero-order valence-electron chi connectivity index (χ0n) is 14.3. The van der Waals surface area contributed by atoms with E-state index in [9.17, 15) is 14.4 Å². The van der Waals surface area contributed by atoms with Crippen LogP contribution in [-0.4, -0.2) is 41.4 Å². The molecule has 1 aromatic rings. The monoisotopic (exact) mass is 346 g/mol. The molecular weight excluding hydrogens is 324 g/mol. The zero-order valence-corrected chi connectivity index (χ0v) is 14.3. The lowest BCUT2D eigenvalue weighted by atomic mass is 9.97. The zero-order chi connectivity index (χ0) is 18.2. The minimum atomic E-state index is -0.921. The standard InChI is InChI=1S/C17H22N4O4/c1-10(14(22)19-11-5-6-13(25-2)12(18)9-11)21-15(23)17(20-16(21)24)7-3-4-8-17/h5-6,9-10H,3-4,7-8,18H2,1-2H3,(H,19,22)(H,20,24). The van der Waals surface area contributed by atoms with Gasteiger partial charge in [-0.25, -0.2) is 9.69 Å². The molecule has 8 nitrogen and oxygen atoms in total. The van der Waals surface area contributed by atoms with E-state index in [-0.39, 0.29) is 5.91 Å². The van der Waals surface area contributed by atoms with Crippen molar-refractivity contribution in [2.45, 2.75) is 44.2 Å². The van der Waals surface area contributed by atoms with Crippen molar-refractivity contribution in [1.82, 2.24) is 10.2 Å². The van der Waals surface area contributed by atoms with Gasteiger partial charge in [-0.05, 0) is 38.0 Å². The van der Waals surface area contributed by atoms with Crippen LogP contribution in [0, 0.1) is 0 Å². The van der Waals surface area contributed by atoms with Crippen LogP contribution in [-0.2, 0) is 9.59 Å². The highest BCUT2D eigenvalue weighted by Crippen LogP contribution is 2.36. The fourth-order valence-corrected chi connectivity index (χ4v) is 3.49. The van der Waals surface area contributed by atoms with Gasteiger partial charge in [-0.3, -0.25) is 9.59 Å². The topological polar surface area (TPSA) is 114 Å². The first-order valence-electron chi connectivity index (χ1n) is 8.28. The van der Waals surface area contributed by atoms with Crippen LogP contribution < -0.4 is 21.1 Å². The molecule has 1 aliphatic heterocycles. The molecule has 1 aromatic carbocycles. The van der Waals surface area contributed by atoms with Crippen molar-refractivity contribution in [3.8, 4) is 5.75 Å². The van der Waals surface area contributed by atoms with Gasteiger partial charge in [-0.1, -0.05) is 12.8 Å². The van der Waals surface area contributed by atoms with Crippen LogP contribution in [0.1, 0.15) is 32.6 Å². The first-order valence-corrected chi connectivity index (χ1v) is 8.28. The lowest BCUT2D eigenvalue weighted by Crippen LogP contribution is -2.48. The molecule has 4 amide bonds. The summed E-state index contributed by atoms with van der Waals surface area (Å²) in [5, 5.41) is 5.46. The second-order valence-electron chi connectivity index (χ2n) is 6.52. The number of methoxy groups -OCH3 is 1. The molecule has 0 bridgehead atoms. The molecule has 25 heavy (non-hydrogen) atoms. The molecule has 4 N–H and O–H groups in total. The molecule has 1 aliphatic carbocycles. The van der Waals surface area contributed by atoms with E-state index in [0.29, 0.717) is 30.0 Å². The molecule has 1 unspecified atom stereocenters. The minimum absolute atomic E-state index is 0.313. The molecule has 1 heterocycles. The fraction of sp³-hybridized carbons (Fsp3) is 0.471. The number of nitrogens with one attached hydrogen (secondary N) is 2. The summed E-state index contributed by atoms with van der Waals surface area (Å²) in [5.41, 5.74) is 5.85. The van der Waals surface area contributed by atoms with Crippen LogP contribution in [0.3, 0.4) is 0 Å². The summed E-state index contributed by atoms with van der Waals surface area (Å²) in [4.78, 5) is 38.5. The number of nitrogens with zero attached hydrogens (tertiary/aromatic N) is 1. The molecule has 0 radical (unpaired) electrons. The Balaban J connectivity index is 1.73. The molecule has 2 fully saturated rings. The number of nitrogen functional groups attached to an aromatic ring is 1. The number of benzene rings is 1. The van der Waals surface area contributed by atoms with Crippen LogP contribution in [0.15, 0.2) is 18.2 Å². The highest BCUT2D eigenvalue weighted by atomic mass is 16.5. The molecule has 0 aromatic heterocycles. The molecule has 1 saturated heterocycles. The maximum Gasteiger partial charge on any atom is 0.325 e. The van der Waals surface area contributed by atoms with Gasteiger partial charge in [0.1, 0.15) is 17.3 Å². The molecule has 1 spiro atoms. The summed E-state index contributed by atoms with van der Waals surface area (Å²) in [5.74, 6) is -0.265. The van der Waals surface area contributed by atoms with Crippen molar-refractivity contribution in [3.05, 3.63) is 18.2 Å². The minimum Gasteiger partial charge on any atom is -0.495 e. The summed E-state index contributed by atoms with van der Waals surface area (Å²) >= 11 is 0. The number of urea groups is 1. The summed E-state index contributed by atoms with van der Waals surface area (Å²) < 4.78 is 5.07. The van der Waals surface area contributed by atoms with Crippen molar-refractivity contribution in [3.63, 3.8) is 0 Å². The van der Waals surface area contributed by atoms with Crippen LogP contribution >= 0.6 is 0 Å². The predicted molar refractivity (Wildman–Crippen MR) is 92.1 cm³/mol. The molecule has 8 heteroatoms. The summed E-state index contributed by atoms with van der Waals surface area (Å²) in [6, 6.07) is 3.41. The number of hydrogen-bond donors (Lipinski definition) is 3. The van der Waals surface area contributed by atoms with E-state index >= 15 is 0 Å². The summed E-state index contributed by atoms with van der Waals surface area (Å²) in [6.07, 6.45) is 3.03. The fourth-order valence-electron chi connectivity index (χ4n) is 3.49. The van der Waals surface area contributed by atoms with Gasteiger partial charge < -0.3 is 21.1 Å². The maximum absolute atomic E-state index is 12.7. The number of nitrogens with two attached hydrogens (primary N) is 1. The number of rotatable bonds is 4. The predicted octanol–water partition coefficient (Wildman–Crippen LogP) is 1.47. The van der Waals surface area contributed by atoms with Gasteiger partial charge in [0.2, 0.25) is 5.91 Å². The third-order valence-electron chi connectivity index (χ3n) is 4.91. The third-order valence-corrected chi connectivity index (χ3v) is 4.91. The van der Waals surface area contributed by atoms with E-state index in [1.165, 1.54) is 14.0 Å². The Kier molecular flexibility index (Phi) is 4.28. The number of imide groups is 1. The third kappa shape index (κ3) is 2.88. The first-order chi connectivity index (χ1) is 11.9. The van der Waals surface area contributed by atoms with E-state index in [0.717, 1.165) is 17.7 Å². The van der Waals surface area contributed by atoms with Gasteiger partial charge in [-0.2, -0.15) is 0 Å². The number of amides is 4. The van der Waals surface area contributed by atoms with Crippen molar-refractivity contribution in [2.75, 3.05) is 18.2 Å². The maximum atomic E-state index is 12.7. The summed E-state index contributed by atoms with van der Waals surface area (Å²) in [7, 11) is 1.50.